The fourth-order valence-electron chi connectivity index (χ4n) is 2.68. The van der Waals surface area contributed by atoms with Crippen molar-refractivity contribution in [2.75, 3.05) is 18.6 Å². The molecule has 0 aromatic heterocycles. The number of amides is 1. The molecule has 0 aliphatic carbocycles. The smallest absolute Gasteiger partial charge is 0.232 e. The first-order valence-corrected chi connectivity index (χ1v) is 8.69. The van der Waals surface area contributed by atoms with Crippen LogP contribution >= 0.6 is 0 Å². The molecule has 116 valence electrons. The van der Waals surface area contributed by atoms with Crippen LogP contribution in [0.2, 0.25) is 0 Å². The number of hydrogen-bond donors (Lipinski definition) is 0. The molecule has 1 aliphatic heterocycles. The van der Waals surface area contributed by atoms with E-state index in [2.05, 4.69) is 0 Å². The van der Waals surface area contributed by atoms with Crippen molar-refractivity contribution in [3.8, 4) is 0 Å². The van der Waals surface area contributed by atoms with Crippen LogP contribution in [-0.2, 0) is 20.0 Å². The second-order valence-electron chi connectivity index (χ2n) is 6.10. The van der Waals surface area contributed by atoms with Crippen LogP contribution in [0.25, 0.3) is 0 Å². The number of benzene rings is 1. The summed E-state index contributed by atoms with van der Waals surface area (Å²) in [7, 11) is -1.40. The highest BCUT2D eigenvalue weighted by Crippen LogP contribution is 2.28. The molecule has 1 amide bonds. The van der Waals surface area contributed by atoms with Crippen LogP contribution in [0, 0.1) is 5.82 Å². The molecule has 1 heterocycles. The predicted octanol–water partition coefficient (Wildman–Crippen LogP) is 1.75. The molecule has 4 nitrogen and oxygen atoms in total. The summed E-state index contributed by atoms with van der Waals surface area (Å²) < 4.78 is 36.1. The highest BCUT2D eigenvalue weighted by molar-refractivity contribution is 7.91. The molecule has 1 fully saturated rings. The maximum Gasteiger partial charge on any atom is 0.232 e. The second-order valence-corrected chi connectivity index (χ2v) is 8.33. The SMILES string of the molecule is CN(C(=O)C(C)(C)c1ccc(F)cc1)C1CCS(=O)(=O)C1. The first-order valence-electron chi connectivity index (χ1n) is 6.87. The molecule has 0 spiro atoms. The van der Waals surface area contributed by atoms with Gasteiger partial charge in [0.2, 0.25) is 5.91 Å². The van der Waals surface area contributed by atoms with Gasteiger partial charge in [-0.2, -0.15) is 0 Å². The van der Waals surface area contributed by atoms with Crippen LogP contribution in [0.3, 0.4) is 0 Å². The number of carbonyl (C=O) groups excluding carboxylic acids is 1. The molecule has 1 saturated heterocycles. The summed E-state index contributed by atoms with van der Waals surface area (Å²) in [5.74, 6) is -0.352. The van der Waals surface area contributed by atoms with Gasteiger partial charge in [-0.25, -0.2) is 12.8 Å². The summed E-state index contributed by atoms with van der Waals surface area (Å²) in [5, 5.41) is 0. The molecule has 1 aromatic rings. The molecule has 21 heavy (non-hydrogen) atoms. The van der Waals surface area contributed by atoms with E-state index in [0.717, 1.165) is 0 Å². The zero-order valence-corrected chi connectivity index (χ0v) is 13.3. The Morgan fingerprint density at radius 3 is 2.33 bits per heavy atom. The normalized spacial score (nSPS) is 21.2. The lowest BCUT2D eigenvalue weighted by atomic mass is 9.83. The maximum absolute atomic E-state index is 13.0. The molecule has 1 unspecified atom stereocenters. The Kier molecular flexibility index (Phi) is 4.10. The highest BCUT2D eigenvalue weighted by atomic mass is 32.2. The summed E-state index contributed by atoms with van der Waals surface area (Å²) in [6.07, 6.45) is 0.476. The monoisotopic (exact) mass is 313 g/mol. The van der Waals surface area contributed by atoms with Crippen LogP contribution in [0.15, 0.2) is 24.3 Å². The topological polar surface area (TPSA) is 54.5 Å². The highest BCUT2D eigenvalue weighted by Gasteiger charge is 2.38. The Morgan fingerprint density at radius 1 is 1.29 bits per heavy atom. The van der Waals surface area contributed by atoms with Gasteiger partial charge < -0.3 is 4.90 Å². The predicted molar refractivity (Wildman–Crippen MR) is 79.3 cm³/mol. The third kappa shape index (κ3) is 3.26. The number of sulfone groups is 1. The molecule has 0 bridgehead atoms. The Hall–Kier alpha value is -1.43. The molecule has 1 aliphatic rings. The number of hydrogen-bond acceptors (Lipinski definition) is 3. The van der Waals surface area contributed by atoms with E-state index in [1.54, 1.807) is 33.0 Å². The molecule has 1 aromatic carbocycles. The third-order valence-corrected chi connectivity index (χ3v) is 5.93. The molecule has 1 atom stereocenters. The minimum absolute atomic E-state index is 0.0226. The Morgan fingerprint density at radius 2 is 1.86 bits per heavy atom. The van der Waals surface area contributed by atoms with E-state index >= 15 is 0 Å². The van der Waals surface area contributed by atoms with Crippen molar-refractivity contribution in [1.29, 1.82) is 0 Å². The number of rotatable bonds is 3. The molecule has 2 rings (SSSR count). The van der Waals surface area contributed by atoms with E-state index < -0.39 is 15.3 Å². The third-order valence-electron chi connectivity index (χ3n) is 4.18. The minimum Gasteiger partial charge on any atom is -0.341 e. The zero-order valence-electron chi connectivity index (χ0n) is 12.5. The quantitative estimate of drug-likeness (QED) is 0.854. The van der Waals surface area contributed by atoms with Crippen molar-refractivity contribution in [2.45, 2.75) is 31.7 Å². The zero-order chi connectivity index (χ0) is 15.8. The van der Waals surface area contributed by atoms with Crippen molar-refractivity contribution in [2.24, 2.45) is 0 Å². The largest absolute Gasteiger partial charge is 0.341 e. The lowest BCUT2D eigenvalue weighted by molar-refractivity contribution is -0.136. The van der Waals surface area contributed by atoms with Crippen molar-refractivity contribution < 1.29 is 17.6 Å². The van der Waals surface area contributed by atoms with E-state index in [4.69, 9.17) is 0 Å². The van der Waals surface area contributed by atoms with Crippen molar-refractivity contribution in [3.63, 3.8) is 0 Å². The first-order chi connectivity index (χ1) is 9.63. The standard InChI is InChI=1S/C15H20FNO3S/c1-15(2,11-4-6-12(16)7-5-11)14(18)17(3)13-8-9-21(19,20)10-13/h4-7,13H,8-10H2,1-3H3. The van der Waals surface area contributed by atoms with E-state index in [-0.39, 0.29) is 29.3 Å². The Labute approximate surface area is 124 Å². The van der Waals surface area contributed by atoms with Gasteiger partial charge in [0.25, 0.3) is 0 Å². The molecule has 0 saturated carbocycles. The molecule has 6 heteroatoms. The van der Waals surface area contributed by atoms with Crippen molar-refractivity contribution in [1.82, 2.24) is 4.90 Å². The fraction of sp³-hybridized carbons (Fsp3) is 0.533. The lowest BCUT2D eigenvalue weighted by Gasteiger charge is -2.33. The van der Waals surface area contributed by atoms with E-state index in [0.29, 0.717) is 12.0 Å². The van der Waals surface area contributed by atoms with E-state index in [9.17, 15) is 17.6 Å². The van der Waals surface area contributed by atoms with Crippen LogP contribution in [0.4, 0.5) is 4.39 Å². The Balaban J connectivity index is 2.20. The summed E-state index contributed by atoms with van der Waals surface area (Å²) in [5.41, 5.74) is -0.115. The first kappa shape index (κ1) is 15.9. The number of nitrogens with zero attached hydrogens (tertiary/aromatic N) is 1. The van der Waals surface area contributed by atoms with E-state index in [1.807, 2.05) is 0 Å². The summed E-state index contributed by atoms with van der Waals surface area (Å²) in [6, 6.07) is 5.55. The van der Waals surface area contributed by atoms with Crippen LogP contribution in [-0.4, -0.2) is 43.8 Å². The van der Waals surface area contributed by atoms with Crippen LogP contribution in [0.5, 0.6) is 0 Å². The van der Waals surface area contributed by atoms with Gasteiger partial charge in [-0.1, -0.05) is 12.1 Å². The van der Waals surface area contributed by atoms with Gasteiger partial charge in [-0.05, 0) is 38.0 Å². The van der Waals surface area contributed by atoms with Gasteiger partial charge in [-0.15, -0.1) is 0 Å². The number of carbonyl (C=O) groups is 1. The number of likely N-dealkylation sites (N-methyl/N-ethyl adjacent to an activating group) is 1. The van der Waals surface area contributed by atoms with Gasteiger partial charge >= 0.3 is 0 Å². The van der Waals surface area contributed by atoms with Crippen molar-refractivity contribution >= 4 is 15.7 Å². The maximum atomic E-state index is 13.0. The summed E-state index contributed by atoms with van der Waals surface area (Å²) in [6.45, 7) is 3.53. The minimum atomic E-state index is -3.03. The molecule has 0 N–H and O–H groups in total. The summed E-state index contributed by atoms with van der Waals surface area (Å²) in [4.78, 5) is 14.2. The van der Waals surface area contributed by atoms with Crippen LogP contribution < -0.4 is 0 Å². The Bertz CT molecular complexity index is 637. The van der Waals surface area contributed by atoms with Gasteiger partial charge in [0.05, 0.1) is 16.9 Å². The second kappa shape index (κ2) is 5.40. The van der Waals surface area contributed by atoms with E-state index in [1.165, 1.54) is 17.0 Å². The molecular formula is C15H20FNO3S. The van der Waals surface area contributed by atoms with Gasteiger partial charge in [0.15, 0.2) is 9.84 Å². The van der Waals surface area contributed by atoms with Crippen molar-refractivity contribution in [3.05, 3.63) is 35.6 Å². The van der Waals surface area contributed by atoms with Gasteiger partial charge in [-0.3, -0.25) is 4.79 Å². The van der Waals surface area contributed by atoms with Gasteiger partial charge in [0, 0.05) is 13.1 Å². The average Bonchev–Trinajstić information content (AvgIpc) is 2.78. The molecular weight excluding hydrogens is 293 g/mol. The van der Waals surface area contributed by atoms with Gasteiger partial charge in [0.1, 0.15) is 5.82 Å². The lowest BCUT2D eigenvalue weighted by Crippen LogP contribution is -2.46. The summed E-state index contributed by atoms with van der Waals surface area (Å²) >= 11 is 0. The molecule has 0 radical (unpaired) electrons. The van der Waals surface area contributed by atoms with Crippen LogP contribution in [0.1, 0.15) is 25.8 Å². The fourth-order valence-corrected chi connectivity index (χ4v) is 4.45. The average molecular weight is 313 g/mol. The number of halogens is 1.